The van der Waals surface area contributed by atoms with Crippen molar-refractivity contribution in [1.29, 1.82) is 5.26 Å². The number of pyridine rings is 2. The van der Waals surface area contributed by atoms with Crippen molar-refractivity contribution < 1.29 is 4.74 Å². The van der Waals surface area contributed by atoms with E-state index in [2.05, 4.69) is 51.4 Å². The fourth-order valence-corrected chi connectivity index (χ4v) is 4.12. The van der Waals surface area contributed by atoms with E-state index in [0.29, 0.717) is 25.3 Å². The van der Waals surface area contributed by atoms with E-state index in [0.717, 1.165) is 46.9 Å². The summed E-state index contributed by atoms with van der Waals surface area (Å²) in [5.41, 5.74) is 7.33. The molecule has 1 aliphatic heterocycles. The zero-order chi connectivity index (χ0) is 21.9. The molecule has 7 nitrogen and oxygen atoms in total. The molecule has 2 N–H and O–H groups in total. The number of fused-ring (bicyclic) bond motifs is 1. The number of nitrogens with one attached hydrogen (secondary N) is 2. The van der Waals surface area contributed by atoms with Crippen LogP contribution in [0.1, 0.15) is 16.8 Å². The molecule has 0 aliphatic carbocycles. The molecular formula is C25H24N6O. The van der Waals surface area contributed by atoms with Gasteiger partial charge in [-0.3, -0.25) is 9.88 Å². The molecule has 4 aromatic rings. The quantitative estimate of drug-likeness (QED) is 0.494. The number of aryl methyl sites for hydroxylation is 1. The van der Waals surface area contributed by atoms with Gasteiger partial charge in [0.15, 0.2) is 0 Å². The molecule has 7 heteroatoms. The van der Waals surface area contributed by atoms with Crippen LogP contribution in [0.4, 0.5) is 11.4 Å². The molecule has 1 aromatic carbocycles. The summed E-state index contributed by atoms with van der Waals surface area (Å²) in [6, 6.07) is 14.2. The van der Waals surface area contributed by atoms with Crippen molar-refractivity contribution in [2.75, 3.05) is 31.6 Å². The van der Waals surface area contributed by atoms with Crippen molar-refractivity contribution in [2.24, 2.45) is 0 Å². The molecule has 1 saturated heterocycles. The van der Waals surface area contributed by atoms with Gasteiger partial charge < -0.3 is 15.0 Å². The Hall–Kier alpha value is -3.73. The predicted octanol–water partition coefficient (Wildman–Crippen LogP) is 4.38. The van der Waals surface area contributed by atoms with Crippen LogP contribution in [0.25, 0.3) is 22.2 Å². The number of morpholine rings is 1. The average molecular weight is 425 g/mol. The van der Waals surface area contributed by atoms with Crippen LogP contribution in [0.15, 0.2) is 55.0 Å². The summed E-state index contributed by atoms with van der Waals surface area (Å²) in [6.45, 7) is 5.85. The van der Waals surface area contributed by atoms with E-state index < -0.39 is 0 Å². The van der Waals surface area contributed by atoms with Gasteiger partial charge in [-0.25, -0.2) is 4.98 Å². The van der Waals surface area contributed by atoms with Crippen molar-refractivity contribution in [2.45, 2.75) is 13.5 Å². The van der Waals surface area contributed by atoms with Crippen LogP contribution in [0.5, 0.6) is 0 Å². The summed E-state index contributed by atoms with van der Waals surface area (Å²) in [4.78, 5) is 14.7. The van der Waals surface area contributed by atoms with E-state index in [1.807, 2.05) is 30.6 Å². The maximum absolute atomic E-state index is 9.60. The van der Waals surface area contributed by atoms with Crippen LogP contribution >= 0.6 is 0 Å². The SMILES string of the molecule is Cc1c(Nc2ccncc2-c2ccc(C#N)c(CN3CCOCC3)n2)ccc2[nH]ccc12. The Morgan fingerprint density at radius 3 is 2.84 bits per heavy atom. The second-order valence-electron chi connectivity index (χ2n) is 7.91. The monoisotopic (exact) mass is 424 g/mol. The Morgan fingerprint density at radius 1 is 1.12 bits per heavy atom. The largest absolute Gasteiger partial charge is 0.379 e. The molecule has 0 atom stereocenters. The third-order valence-electron chi connectivity index (χ3n) is 5.94. The van der Waals surface area contributed by atoms with Gasteiger partial charge in [0.2, 0.25) is 0 Å². The molecule has 3 aromatic heterocycles. The number of rotatable bonds is 5. The molecule has 0 radical (unpaired) electrons. The standard InChI is InChI=1S/C25H24N6O/c1-17-19-6-9-28-22(19)5-4-21(17)29-24-7-8-27-15-20(24)23-3-2-18(14-26)25(30-23)16-31-10-12-32-13-11-31/h2-9,15,28H,10-13,16H2,1H3,(H,27,29). The number of nitriles is 1. The fourth-order valence-electron chi connectivity index (χ4n) is 4.12. The van der Waals surface area contributed by atoms with Crippen molar-refractivity contribution in [3.8, 4) is 17.3 Å². The Bertz CT molecular complexity index is 1300. The van der Waals surface area contributed by atoms with Crippen LogP contribution in [-0.4, -0.2) is 46.2 Å². The van der Waals surface area contributed by atoms with Crippen LogP contribution in [0.3, 0.4) is 0 Å². The van der Waals surface area contributed by atoms with Crippen LogP contribution in [-0.2, 0) is 11.3 Å². The number of hydrogen-bond donors (Lipinski definition) is 2. The average Bonchev–Trinajstić information content (AvgIpc) is 3.32. The summed E-state index contributed by atoms with van der Waals surface area (Å²) >= 11 is 0. The molecule has 32 heavy (non-hydrogen) atoms. The number of aromatic amines is 1. The molecule has 5 rings (SSSR count). The van der Waals surface area contributed by atoms with Crippen molar-refractivity contribution in [3.05, 3.63) is 71.8 Å². The smallest absolute Gasteiger partial charge is 0.101 e. The highest BCUT2D eigenvalue weighted by atomic mass is 16.5. The number of anilines is 2. The van der Waals surface area contributed by atoms with E-state index in [4.69, 9.17) is 9.72 Å². The maximum atomic E-state index is 9.60. The Balaban J connectivity index is 1.49. The van der Waals surface area contributed by atoms with Gasteiger partial charge in [-0.1, -0.05) is 0 Å². The van der Waals surface area contributed by atoms with E-state index in [-0.39, 0.29) is 0 Å². The molecule has 1 aliphatic rings. The molecule has 0 spiro atoms. The first-order valence-electron chi connectivity index (χ1n) is 10.7. The third-order valence-corrected chi connectivity index (χ3v) is 5.94. The van der Waals surface area contributed by atoms with Gasteiger partial charge in [-0.2, -0.15) is 5.26 Å². The summed E-state index contributed by atoms with van der Waals surface area (Å²) < 4.78 is 5.44. The van der Waals surface area contributed by atoms with Gasteiger partial charge in [-0.15, -0.1) is 0 Å². The van der Waals surface area contributed by atoms with Gasteiger partial charge in [0.25, 0.3) is 0 Å². The summed E-state index contributed by atoms with van der Waals surface area (Å²) in [7, 11) is 0. The van der Waals surface area contributed by atoms with Crippen molar-refractivity contribution >= 4 is 22.3 Å². The van der Waals surface area contributed by atoms with Crippen LogP contribution < -0.4 is 5.32 Å². The number of aromatic nitrogens is 3. The second kappa shape index (κ2) is 8.79. The lowest BCUT2D eigenvalue weighted by molar-refractivity contribution is 0.0336. The molecule has 160 valence electrons. The van der Waals surface area contributed by atoms with Gasteiger partial charge >= 0.3 is 0 Å². The molecule has 0 unspecified atom stereocenters. The zero-order valence-corrected chi connectivity index (χ0v) is 17.9. The lowest BCUT2D eigenvalue weighted by Gasteiger charge is -2.26. The summed E-state index contributed by atoms with van der Waals surface area (Å²) in [6.07, 6.45) is 5.55. The minimum atomic E-state index is 0.604. The van der Waals surface area contributed by atoms with Gasteiger partial charge in [0.1, 0.15) is 6.07 Å². The molecular weight excluding hydrogens is 400 g/mol. The first-order valence-corrected chi connectivity index (χ1v) is 10.7. The first kappa shape index (κ1) is 20.2. The highest BCUT2D eigenvalue weighted by molar-refractivity contribution is 5.90. The van der Waals surface area contributed by atoms with Crippen molar-refractivity contribution in [1.82, 2.24) is 19.9 Å². The normalized spacial score (nSPS) is 14.4. The predicted molar refractivity (Wildman–Crippen MR) is 125 cm³/mol. The van der Waals surface area contributed by atoms with Crippen LogP contribution in [0.2, 0.25) is 0 Å². The van der Waals surface area contributed by atoms with E-state index in [9.17, 15) is 5.26 Å². The molecule has 1 fully saturated rings. The molecule has 0 bridgehead atoms. The molecule has 4 heterocycles. The Morgan fingerprint density at radius 2 is 2.00 bits per heavy atom. The number of nitrogens with zero attached hydrogens (tertiary/aromatic N) is 4. The maximum Gasteiger partial charge on any atom is 0.101 e. The number of hydrogen-bond acceptors (Lipinski definition) is 6. The molecule has 0 amide bonds. The van der Waals surface area contributed by atoms with Gasteiger partial charge in [0.05, 0.1) is 35.9 Å². The molecule has 0 saturated carbocycles. The topological polar surface area (TPSA) is 89.9 Å². The second-order valence-corrected chi connectivity index (χ2v) is 7.91. The summed E-state index contributed by atoms with van der Waals surface area (Å²) in [5, 5.41) is 14.4. The number of benzene rings is 1. The highest BCUT2D eigenvalue weighted by Gasteiger charge is 2.16. The minimum Gasteiger partial charge on any atom is -0.379 e. The van der Waals surface area contributed by atoms with Gasteiger partial charge in [-0.05, 0) is 48.9 Å². The minimum absolute atomic E-state index is 0.604. The number of H-pyrrole nitrogens is 1. The zero-order valence-electron chi connectivity index (χ0n) is 17.9. The fraction of sp³-hybridized carbons (Fsp3) is 0.240. The highest BCUT2D eigenvalue weighted by Crippen LogP contribution is 2.32. The third kappa shape index (κ3) is 3.94. The summed E-state index contributed by atoms with van der Waals surface area (Å²) in [5.74, 6) is 0. The Labute approximate surface area is 186 Å². The van der Waals surface area contributed by atoms with Crippen LogP contribution in [0, 0.1) is 18.3 Å². The van der Waals surface area contributed by atoms with Gasteiger partial charge in [0, 0.05) is 60.4 Å². The number of ether oxygens (including phenoxy) is 1. The lowest BCUT2D eigenvalue weighted by Crippen LogP contribution is -2.36. The lowest BCUT2D eigenvalue weighted by atomic mass is 10.1. The first-order chi connectivity index (χ1) is 15.7. The van der Waals surface area contributed by atoms with E-state index in [1.165, 1.54) is 10.9 Å². The van der Waals surface area contributed by atoms with Crippen molar-refractivity contribution in [3.63, 3.8) is 0 Å². The van der Waals surface area contributed by atoms with E-state index >= 15 is 0 Å². The Kier molecular flexibility index (Phi) is 5.55. The van der Waals surface area contributed by atoms with E-state index in [1.54, 1.807) is 6.20 Å².